The van der Waals surface area contributed by atoms with Gasteiger partial charge in [0.2, 0.25) is 0 Å². The number of terminal acetylenes is 1. The molecule has 0 aliphatic carbocycles. The quantitative estimate of drug-likeness (QED) is 0.563. The molecule has 0 bridgehead atoms. The van der Waals surface area contributed by atoms with Crippen molar-refractivity contribution in [2.45, 2.75) is 0 Å². The minimum Gasteiger partial charge on any atom is -0.397 e. The molecule has 0 saturated carbocycles. The third-order valence-electron chi connectivity index (χ3n) is 1.77. The Morgan fingerprint density at radius 1 is 1.58 bits per heavy atom. The van der Waals surface area contributed by atoms with E-state index in [1.165, 1.54) is 0 Å². The number of aromatic amines is 1. The fraction of sp³-hybridized carbons (Fsp3) is 0. The average molecular weight is 157 g/mol. The van der Waals surface area contributed by atoms with Crippen molar-refractivity contribution in [3.63, 3.8) is 0 Å². The van der Waals surface area contributed by atoms with Crippen LogP contribution >= 0.6 is 0 Å². The summed E-state index contributed by atoms with van der Waals surface area (Å²) in [6.45, 7) is 0. The number of hydrogen-bond donors (Lipinski definition) is 2. The second-order valence-electron chi connectivity index (χ2n) is 2.47. The molecule has 0 radical (unpaired) electrons. The van der Waals surface area contributed by atoms with E-state index in [9.17, 15) is 0 Å². The third kappa shape index (κ3) is 0.753. The molecule has 0 aromatic carbocycles. The maximum Gasteiger partial charge on any atom is 0.137 e. The Bertz CT molecular complexity index is 462. The van der Waals surface area contributed by atoms with Crippen molar-refractivity contribution in [1.29, 1.82) is 0 Å². The minimum atomic E-state index is 0.601. The van der Waals surface area contributed by atoms with Gasteiger partial charge in [0.15, 0.2) is 0 Å². The molecule has 0 saturated heterocycles. The van der Waals surface area contributed by atoms with Gasteiger partial charge in [0.1, 0.15) is 5.69 Å². The summed E-state index contributed by atoms with van der Waals surface area (Å²) in [5, 5.41) is 0.929. The van der Waals surface area contributed by atoms with E-state index in [-0.39, 0.29) is 0 Å². The third-order valence-corrected chi connectivity index (χ3v) is 1.77. The number of anilines is 1. The zero-order valence-electron chi connectivity index (χ0n) is 6.33. The van der Waals surface area contributed by atoms with Gasteiger partial charge in [-0.15, -0.1) is 6.42 Å². The van der Waals surface area contributed by atoms with Crippen LogP contribution in [0.2, 0.25) is 0 Å². The van der Waals surface area contributed by atoms with E-state index in [0.717, 1.165) is 10.9 Å². The van der Waals surface area contributed by atoms with Gasteiger partial charge in [0.05, 0.1) is 11.2 Å². The number of fused-ring (bicyclic) bond motifs is 1. The Morgan fingerprint density at radius 3 is 3.17 bits per heavy atom. The van der Waals surface area contributed by atoms with Crippen molar-refractivity contribution < 1.29 is 0 Å². The molecule has 3 heteroatoms. The first-order valence-corrected chi connectivity index (χ1v) is 3.51. The van der Waals surface area contributed by atoms with Crippen LogP contribution in [-0.2, 0) is 0 Å². The molecule has 3 nitrogen and oxygen atoms in total. The van der Waals surface area contributed by atoms with Gasteiger partial charge in [0.25, 0.3) is 0 Å². The summed E-state index contributed by atoms with van der Waals surface area (Å²) in [5.41, 5.74) is 7.80. The molecule has 0 spiro atoms. The summed E-state index contributed by atoms with van der Waals surface area (Å²) in [6, 6.07) is 1.84. The average Bonchev–Trinajstić information content (AvgIpc) is 2.48. The molecule has 0 aliphatic heterocycles. The lowest BCUT2D eigenvalue weighted by Gasteiger charge is -1.92. The van der Waals surface area contributed by atoms with Gasteiger partial charge < -0.3 is 10.7 Å². The molecular weight excluding hydrogens is 150 g/mol. The molecule has 2 rings (SSSR count). The van der Waals surface area contributed by atoms with E-state index in [2.05, 4.69) is 15.9 Å². The second-order valence-corrected chi connectivity index (χ2v) is 2.47. The van der Waals surface area contributed by atoms with Gasteiger partial charge >= 0.3 is 0 Å². The molecule has 12 heavy (non-hydrogen) atoms. The molecule has 2 heterocycles. The Labute approximate surface area is 69.6 Å². The highest BCUT2D eigenvalue weighted by Crippen LogP contribution is 2.20. The van der Waals surface area contributed by atoms with Gasteiger partial charge in [-0.05, 0) is 12.0 Å². The first-order valence-electron chi connectivity index (χ1n) is 3.51. The fourth-order valence-electron chi connectivity index (χ4n) is 1.19. The van der Waals surface area contributed by atoms with Gasteiger partial charge in [-0.1, -0.05) is 0 Å². The van der Waals surface area contributed by atoms with Crippen LogP contribution in [0.5, 0.6) is 0 Å². The summed E-state index contributed by atoms with van der Waals surface area (Å²) in [7, 11) is 0. The number of nitrogen functional groups attached to an aromatic ring is 1. The molecule has 0 fully saturated rings. The zero-order chi connectivity index (χ0) is 8.55. The molecule has 0 aliphatic rings. The van der Waals surface area contributed by atoms with E-state index in [1.807, 2.05) is 6.07 Å². The van der Waals surface area contributed by atoms with Crippen molar-refractivity contribution >= 4 is 16.6 Å². The van der Waals surface area contributed by atoms with E-state index >= 15 is 0 Å². The molecule has 0 atom stereocenters. The highest BCUT2D eigenvalue weighted by Gasteiger charge is 2.03. The molecule has 2 aromatic rings. The Morgan fingerprint density at radius 2 is 2.42 bits per heavy atom. The van der Waals surface area contributed by atoms with Gasteiger partial charge in [0, 0.05) is 17.8 Å². The molecule has 0 unspecified atom stereocenters. The molecular formula is C9H7N3. The molecule has 0 amide bonds. The van der Waals surface area contributed by atoms with Gasteiger partial charge in [-0.2, -0.15) is 0 Å². The Balaban J connectivity index is 2.92. The smallest absolute Gasteiger partial charge is 0.137 e. The fourth-order valence-corrected chi connectivity index (χ4v) is 1.19. The largest absolute Gasteiger partial charge is 0.397 e. The normalized spacial score (nSPS) is 9.92. The lowest BCUT2D eigenvalue weighted by molar-refractivity contribution is 1.30. The van der Waals surface area contributed by atoms with Crippen LogP contribution < -0.4 is 5.73 Å². The Hall–Kier alpha value is -1.95. The predicted molar refractivity (Wildman–Crippen MR) is 48.4 cm³/mol. The number of nitrogens with one attached hydrogen (secondary N) is 1. The van der Waals surface area contributed by atoms with Crippen molar-refractivity contribution in [3.05, 3.63) is 24.2 Å². The van der Waals surface area contributed by atoms with Crippen LogP contribution in [-0.4, -0.2) is 9.97 Å². The van der Waals surface area contributed by atoms with E-state index in [1.54, 1.807) is 12.4 Å². The molecule has 3 N–H and O–H groups in total. The van der Waals surface area contributed by atoms with Crippen molar-refractivity contribution in [2.24, 2.45) is 0 Å². The van der Waals surface area contributed by atoms with E-state index < -0.39 is 0 Å². The maximum atomic E-state index is 5.67. The number of nitrogens with zero attached hydrogens (tertiary/aromatic N) is 1. The highest BCUT2D eigenvalue weighted by atomic mass is 14.8. The summed E-state index contributed by atoms with van der Waals surface area (Å²) < 4.78 is 0. The molecule has 2 aromatic heterocycles. The topological polar surface area (TPSA) is 54.7 Å². The van der Waals surface area contributed by atoms with Gasteiger partial charge in [-0.3, -0.25) is 0 Å². The van der Waals surface area contributed by atoms with Gasteiger partial charge in [-0.25, -0.2) is 4.98 Å². The number of pyridine rings is 1. The second kappa shape index (κ2) is 2.28. The van der Waals surface area contributed by atoms with Crippen LogP contribution in [0, 0.1) is 12.3 Å². The Kier molecular flexibility index (Phi) is 1.28. The highest BCUT2D eigenvalue weighted by molar-refractivity contribution is 5.93. The number of nitrogens with two attached hydrogens (primary N) is 1. The van der Waals surface area contributed by atoms with E-state index in [4.69, 9.17) is 12.2 Å². The number of hydrogen-bond acceptors (Lipinski definition) is 2. The summed E-state index contributed by atoms with van der Waals surface area (Å²) >= 11 is 0. The van der Waals surface area contributed by atoms with Crippen molar-refractivity contribution in [3.8, 4) is 12.3 Å². The van der Waals surface area contributed by atoms with E-state index in [0.29, 0.717) is 11.4 Å². The maximum absolute atomic E-state index is 5.67. The van der Waals surface area contributed by atoms with Crippen LogP contribution in [0.15, 0.2) is 18.5 Å². The monoisotopic (exact) mass is 157 g/mol. The lowest BCUT2D eigenvalue weighted by atomic mass is 10.2. The predicted octanol–water partition coefficient (Wildman–Crippen LogP) is 1.13. The minimum absolute atomic E-state index is 0.601. The first kappa shape index (κ1) is 6.74. The van der Waals surface area contributed by atoms with Crippen LogP contribution in [0.3, 0.4) is 0 Å². The van der Waals surface area contributed by atoms with Crippen LogP contribution in [0.1, 0.15) is 5.69 Å². The van der Waals surface area contributed by atoms with Crippen molar-refractivity contribution in [2.75, 3.05) is 5.73 Å². The SMILES string of the molecule is C#Cc1nccc2c(N)c[nH]c12. The summed E-state index contributed by atoms with van der Waals surface area (Å²) in [5.74, 6) is 2.49. The van der Waals surface area contributed by atoms with Crippen molar-refractivity contribution in [1.82, 2.24) is 9.97 Å². The summed E-state index contributed by atoms with van der Waals surface area (Å²) in [4.78, 5) is 6.99. The standard InChI is InChI=1S/C9H7N3/c1-2-8-9-6(3-4-11-8)7(10)5-12-9/h1,3-5,12H,10H2. The number of H-pyrrole nitrogens is 1. The first-order chi connectivity index (χ1) is 5.83. The summed E-state index contributed by atoms with van der Waals surface area (Å²) in [6.07, 6.45) is 8.62. The molecule has 58 valence electrons. The lowest BCUT2D eigenvalue weighted by Crippen LogP contribution is -1.84. The van der Waals surface area contributed by atoms with Crippen LogP contribution in [0.4, 0.5) is 5.69 Å². The number of aromatic nitrogens is 2. The van der Waals surface area contributed by atoms with Crippen LogP contribution in [0.25, 0.3) is 10.9 Å². The number of rotatable bonds is 0. The zero-order valence-corrected chi connectivity index (χ0v) is 6.33.